The molecule has 0 unspecified atom stereocenters. The molecule has 2 nitrogen and oxygen atoms in total. The van der Waals surface area contributed by atoms with Gasteiger partial charge in [-0.1, -0.05) is 23.7 Å². The molecule has 0 amide bonds. The molecule has 1 saturated heterocycles. The number of rotatable bonds is 2. The van der Waals surface area contributed by atoms with Gasteiger partial charge in [-0.05, 0) is 25.0 Å². The molecule has 0 aliphatic carbocycles. The van der Waals surface area contributed by atoms with Gasteiger partial charge in [0, 0.05) is 29.7 Å². The number of Topliss-reactive ketones (excluding diaryl/α,β-unsaturated/α-hetero) is 1. The van der Waals surface area contributed by atoms with Crippen LogP contribution < -0.4 is 0 Å². The van der Waals surface area contributed by atoms with Crippen LogP contribution in [0.3, 0.4) is 0 Å². The lowest BCUT2D eigenvalue weighted by Gasteiger charge is -2.20. The zero-order valence-corrected chi connectivity index (χ0v) is 9.17. The van der Waals surface area contributed by atoms with Crippen molar-refractivity contribution in [3.8, 4) is 0 Å². The highest BCUT2D eigenvalue weighted by Gasteiger charge is 2.22. The number of ketones is 1. The van der Waals surface area contributed by atoms with E-state index in [2.05, 4.69) is 0 Å². The second kappa shape index (κ2) is 4.77. The predicted octanol–water partition coefficient (Wildman–Crippen LogP) is 2.95. The summed E-state index contributed by atoms with van der Waals surface area (Å²) in [6.45, 7) is 1.38. The van der Waals surface area contributed by atoms with E-state index in [1.54, 1.807) is 12.1 Å². The van der Waals surface area contributed by atoms with Crippen LogP contribution in [0.4, 0.5) is 0 Å². The van der Waals surface area contributed by atoms with Crippen LogP contribution in [0.15, 0.2) is 24.3 Å². The first-order valence-electron chi connectivity index (χ1n) is 5.15. The first-order valence-corrected chi connectivity index (χ1v) is 5.52. The minimum Gasteiger partial charge on any atom is -0.381 e. The van der Waals surface area contributed by atoms with Gasteiger partial charge < -0.3 is 4.74 Å². The van der Waals surface area contributed by atoms with Crippen molar-refractivity contribution in [3.63, 3.8) is 0 Å². The average Bonchev–Trinajstić information content (AvgIpc) is 2.29. The quantitative estimate of drug-likeness (QED) is 0.722. The van der Waals surface area contributed by atoms with E-state index in [1.807, 2.05) is 12.1 Å². The SMILES string of the molecule is O=C(c1cccc(Cl)c1)C1CCOCC1. The number of hydrogen-bond acceptors (Lipinski definition) is 2. The fraction of sp³-hybridized carbons (Fsp3) is 0.417. The summed E-state index contributed by atoms with van der Waals surface area (Å²) in [7, 11) is 0. The van der Waals surface area contributed by atoms with Crippen LogP contribution in [0.1, 0.15) is 23.2 Å². The van der Waals surface area contributed by atoms with Crippen molar-refractivity contribution in [3.05, 3.63) is 34.9 Å². The zero-order valence-electron chi connectivity index (χ0n) is 8.41. The standard InChI is InChI=1S/C12H13ClO2/c13-11-3-1-2-10(8-11)12(14)9-4-6-15-7-5-9/h1-3,8-9H,4-7H2. The second-order valence-corrected chi connectivity index (χ2v) is 4.20. The molecule has 2 rings (SSSR count). The van der Waals surface area contributed by atoms with Crippen molar-refractivity contribution >= 4 is 17.4 Å². The molecule has 0 N–H and O–H groups in total. The first-order chi connectivity index (χ1) is 7.27. The largest absolute Gasteiger partial charge is 0.381 e. The summed E-state index contributed by atoms with van der Waals surface area (Å²) in [6.07, 6.45) is 1.65. The molecule has 15 heavy (non-hydrogen) atoms. The number of benzene rings is 1. The zero-order chi connectivity index (χ0) is 10.7. The highest BCUT2D eigenvalue weighted by molar-refractivity contribution is 6.31. The van der Waals surface area contributed by atoms with Crippen molar-refractivity contribution in [2.75, 3.05) is 13.2 Å². The third-order valence-corrected chi connectivity index (χ3v) is 2.94. The Morgan fingerprint density at radius 1 is 1.33 bits per heavy atom. The molecule has 0 spiro atoms. The van der Waals surface area contributed by atoms with Crippen LogP contribution in [-0.4, -0.2) is 19.0 Å². The highest BCUT2D eigenvalue weighted by Crippen LogP contribution is 2.21. The van der Waals surface area contributed by atoms with E-state index in [4.69, 9.17) is 16.3 Å². The Bertz CT molecular complexity index is 356. The van der Waals surface area contributed by atoms with Crippen LogP contribution in [0.5, 0.6) is 0 Å². The molecule has 1 aliphatic heterocycles. The number of carbonyl (C=O) groups is 1. The van der Waals surface area contributed by atoms with Gasteiger partial charge in [-0.15, -0.1) is 0 Å². The van der Waals surface area contributed by atoms with Gasteiger partial charge in [0.25, 0.3) is 0 Å². The molecular weight excluding hydrogens is 212 g/mol. The third-order valence-electron chi connectivity index (χ3n) is 2.70. The van der Waals surface area contributed by atoms with Gasteiger partial charge in [0.15, 0.2) is 5.78 Å². The highest BCUT2D eigenvalue weighted by atomic mass is 35.5. The van der Waals surface area contributed by atoms with Gasteiger partial charge in [-0.25, -0.2) is 0 Å². The number of hydrogen-bond donors (Lipinski definition) is 0. The monoisotopic (exact) mass is 224 g/mol. The lowest BCUT2D eigenvalue weighted by Crippen LogP contribution is -2.23. The molecular formula is C12H13ClO2. The Hall–Kier alpha value is -0.860. The van der Waals surface area contributed by atoms with Gasteiger partial charge in [0.2, 0.25) is 0 Å². The number of carbonyl (C=O) groups excluding carboxylic acids is 1. The van der Waals surface area contributed by atoms with Crippen LogP contribution in [0, 0.1) is 5.92 Å². The molecule has 0 saturated carbocycles. The van der Waals surface area contributed by atoms with Gasteiger partial charge >= 0.3 is 0 Å². The molecule has 1 fully saturated rings. The predicted molar refractivity (Wildman–Crippen MR) is 59.3 cm³/mol. The van der Waals surface area contributed by atoms with Crippen LogP contribution in [0.2, 0.25) is 5.02 Å². The van der Waals surface area contributed by atoms with E-state index in [1.165, 1.54) is 0 Å². The van der Waals surface area contributed by atoms with Gasteiger partial charge in [0.1, 0.15) is 0 Å². The fourth-order valence-electron chi connectivity index (χ4n) is 1.84. The Morgan fingerprint density at radius 3 is 2.73 bits per heavy atom. The van der Waals surface area contributed by atoms with Gasteiger partial charge in [-0.2, -0.15) is 0 Å². The molecule has 1 aliphatic rings. The number of ether oxygens (including phenoxy) is 1. The smallest absolute Gasteiger partial charge is 0.166 e. The van der Waals surface area contributed by atoms with E-state index in [-0.39, 0.29) is 11.7 Å². The third kappa shape index (κ3) is 2.58. The van der Waals surface area contributed by atoms with Crippen LogP contribution >= 0.6 is 11.6 Å². The Labute approximate surface area is 94.2 Å². The van der Waals surface area contributed by atoms with Gasteiger partial charge in [-0.3, -0.25) is 4.79 Å². The lowest BCUT2D eigenvalue weighted by molar-refractivity contribution is 0.0545. The first kappa shape index (κ1) is 10.7. The minimum absolute atomic E-state index is 0.109. The molecule has 80 valence electrons. The molecule has 0 radical (unpaired) electrons. The summed E-state index contributed by atoms with van der Waals surface area (Å²) >= 11 is 5.85. The maximum Gasteiger partial charge on any atom is 0.166 e. The van der Waals surface area contributed by atoms with Crippen molar-refractivity contribution in [2.45, 2.75) is 12.8 Å². The molecule has 1 aromatic rings. The van der Waals surface area contributed by atoms with Crippen molar-refractivity contribution in [2.24, 2.45) is 5.92 Å². The van der Waals surface area contributed by atoms with E-state index < -0.39 is 0 Å². The maximum atomic E-state index is 12.0. The van der Waals surface area contributed by atoms with Crippen molar-refractivity contribution < 1.29 is 9.53 Å². The fourth-order valence-corrected chi connectivity index (χ4v) is 2.03. The van der Waals surface area contributed by atoms with E-state index in [0.29, 0.717) is 18.2 Å². The van der Waals surface area contributed by atoms with Crippen molar-refractivity contribution in [1.82, 2.24) is 0 Å². The normalized spacial score (nSPS) is 17.7. The molecule has 1 heterocycles. The topological polar surface area (TPSA) is 26.3 Å². The van der Waals surface area contributed by atoms with E-state index >= 15 is 0 Å². The molecule has 3 heteroatoms. The Balaban J connectivity index is 2.12. The maximum absolute atomic E-state index is 12.0. The summed E-state index contributed by atoms with van der Waals surface area (Å²) in [5, 5.41) is 0.618. The van der Waals surface area contributed by atoms with E-state index in [9.17, 15) is 4.79 Å². The summed E-state index contributed by atoms with van der Waals surface area (Å²) in [5.41, 5.74) is 0.717. The second-order valence-electron chi connectivity index (χ2n) is 3.76. The lowest BCUT2D eigenvalue weighted by atomic mass is 9.91. The molecule has 0 atom stereocenters. The minimum atomic E-state index is 0.109. The molecule has 0 aromatic heterocycles. The summed E-state index contributed by atoms with van der Waals surface area (Å²) in [4.78, 5) is 12.0. The Morgan fingerprint density at radius 2 is 2.07 bits per heavy atom. The van der Waals surface area contributed by atoms with Gasteiger partial charge in [0.05, 0.1) is 0 Å². The van der Waals surface area contributed by atoms with E-state index in [0.717, 1.165) is 18.4 Å². The summed E-state index contributed by atoms with van der Waals surface area (Å²) < 4.78 is 5.23. The molecule has 1 aromatic carbocycles. The van der Waals surface area contributed by atoms with Crippen LogP contribution in [0.25, 0.3) is 0 Å². The summed E-state index contributed by atoms with van der Waals surface area (Å²) in [5.74, 6) is 0.304. The summed E-state index contributed by atoms with van der Waals surface area (Å²) in [6, 6.07) is 7.15. The number of halogens is 1. The van der Waals surface area contributed by atoms with Crippen molar-refractivity contribution in [1.29, 1.82) is 0 Å². The average molecular weight is 225 g/mol. The van der Waals surface area contributed by atoms with Crippen LogP contribution in [-0.2, 0) is 4.74 Å². The Kier molecular flexibility index (Phi) is 3.39. The molecule has 0 bridgehead atoms.